The van der Waals surface area contributed by atoms with Gasteiger partial charge in [-0.3, -0.25) is 4.79 Å². The molecule has 0 spiro atoms. The van der Waals surface area contributed by atoms with Crippen LogP contribution < -0.4 is 0 Å². The Balaban J connectivity index is 2.21. The third-order valence-corrected chi connectivity index (χ3v) is 3.95. The molecule has 0 aliphatic heterocycles. The van der Waals surface area contributed by atoms with E-state index in [9.17, 15) is 4.79 Å². The third kappa shape index (κ3) is 4.16. The van der Waals surface area contributed by atoms with Gasteiger partial charge in [0.05, 0.1) is 11.2 Å². The van der Waals surface area contributed by atoms with Crippen LogP contribution in [-0.4, -0.2) is 33.4 Å². The Kier molecular flexibility index (Phi) is 5.20. The van der Waals surface area contributed by atoms with Crippen LogP contribution in [0.4, 0.5) is 0 Å². The summed E-state index contributed by atoms with van der Waals surface area (Å²) in [5.74, 6) is 1.37. The summed E-state index contributed by atoms with van der Waals surface area (Å²) in [5, 5.41) is 0.347. The van der Waals surface area contributed by atoms with Gasteiger partial charge < -0.3 is 4.90 Å². The first-order valence-corrected chi connectivity index (χ1v) is 8.11. The lowest BCUT2D eigenvalue weighted by molar-refractivity contribution is 0.0729. The number of rotatable bonds is 6. The molecule has 2 rings (SSSR count). The van der Waals surface area contributed by atoms with Crippen LogP contribution >= 0.6 is 11.6 Å². The van der Waals surface area contributed by atoms with Crippen LogP contribution in [-0.2, 0) is 0 Å². The molecule has 0 N–H and O–H groups in total. The minimum absolute atomic E-state index is 0.0487. The van der Waals surface area contributed by atoms with Crippen molar-refractivity contribution in [2.75, 3.05) is 6.54 Å². The van der Waals surface area contributed by atoms with Gasteiger partial charge in [-0.15, -0.1) is 0 Å². The monoisotopic (exact) mass is 309 g/mol. The molecule has 0 unspecified atom stereocenters. The SMILES string of the molecule is CC(C)CCN(C(=O)c1nc(C(C)C)ncc1Cl)C1CC1. The Morgan fingerprint density at radius 1 is 1.38 bits per heavy atom. The van der Waals surface area contributed by atoms with Gasteiger partial charge in [0.15, 0.2) is 5.69 Å². The van der Waals surface area contributed by atoms with Crippen molar-refractivity contribution >= 4 is 17.5 Å². The van der Waals surface area contributed by atoms with Gasteiger partial charge in [-0.05, 0) is 25.2 Å². The number of carbonyl (C=O) groups excluding carboxylic acids is 1. The van der Waals surface area contributed by atoms with E-state index in [2.05, 4.69) is 23.8 Å². The summed E-state index contributed by atoms with van der Waals surface area (Å²) >= 11 is 6.16. The van der Waals surface area contributed by atoms with Crippen molar-refractivity contribution in [1.82, 2.24) is 14.9 Å². The fraction of sp³-hybridized carbons (Fsp3) is 0.688. The minimum atomic E-state index is -0.0487. The second kappa shape index (κ2) is 6.73. The van der Waals surface area contributed by atoms with Crippen molar-refractivity contribution in [3.8, 4) is 0 Å². The maximum atomic E-state index is 12.8. The summed E-state index contributed by atoms with van der Waals surface area (Å²) in [6.45, 7) is 9.14. The van der Waals surface area contributed by atoms with E-state index in [1.165, 1.54) is 0 Å². The molecule has 1 amide bonds. The lowest BCUT2D eigenvalue weighted by atomic mass is 10.1. The van der Waals surface area contributed by atoms with E-state index in [0.29, 0.717) is 28.5 Å². The molecule has 0 atom stereocenters. The number of amides is 1. The van der Waals surface area contributed by atoms with Crippen LogP contribution in [0.15, 0.2) is 6.20 Å². The molecule has 1 aliphatic rings. The maximum absolute atomic E-state index is 12.8. The van der Waals surface area contributed by atoms with Crippen LogP contribution in [0.25, 0.3) is 0 Å². The fourth-order valence-electron chi connectivity index (χ4n) is 2.18. The largest absolute Gasteiger partial charge is 0.334 e. The molecule has 1 aromatic rings. The molecule has 1 saturated carbocycles. The topological polar surface area (TPSA) is 46.1 Å². The Labute approximate surface area is 131 Å². The van der Waals surface area contributed by atoms with Crippen molar-refractivity contribution in [3.05, 3.63) is 22.7 Å². The first kappa shape index (κ1) is 16.2. The first-order valence-electron chi connectivity index (χ1n) is 7.73. The summed E-state index contributed by atoms with van der Waals surface area (Å²) < 4.78 is 0. The molecular weight excluding hydrogens is 286 g/mol. The van der Waals surface area contributed by atoms with E-state index >= 15 is 0 Å². The van der Waals surface area contributed by atoms with Gasteiger partial charge in [-0.2, -0.15) is 0 Å². The Morgan fingerprint density at radius 3 is 2.57 bits per heavy atom. The number of aromatic nitrogens is 2. The first-order chi connectivity index (χ1) is 9.90. The summed E-state index contributed by atoms with van der Waals surface area (Å²) in [4.78, 5) is 23.3. The third-order valence-electron chi connectivity index (χ3n) is 3.68. The van der Waals surface area contributed by atoms with Crippen LogP contribution in [0.5, 0.6) is 0 Å². The van der Waals surface area contributed by atoms with E-state index < -0.39 is 0 Å². The number of halogens is 1. The molecule has 21 heavy (non-hydrogen) atoms. The smallest absolute Gasteiger partial charge is 0.274 e. The molecule has 116 valence electrons. The van der Waals surface area contributed by atoms with Gasteiger partial charge in [-0.25, -0.2) is 9.97 Å². The molecule has 0 radical (unpaired) electrons. The highest BCUT2D eigenvalue weighted by Gasteiger charge is 2.34. The summed E-state index contributed by atoms with van der Waals surface area (Å²) in [5.41, 5.74) is 0.353. The quantitative estimate of drug-likeness (QED) is 0.800. The summed E-state index contributed by atoms with van der Waals surface area (Å²) in [6.07, 6.45) is 4.72. The van der Waals surface area contributed by atoms with Gasteiger partial charge in [-0.1, -0.05) is 39.3 Å². The highest BCUT2D eigenvalue weighted by molar-refractivity contribution is 6.33. The van der Waals surface area contributed by atoms with Crippen LogP contribution in [0, 0.1) is 5.92 Å². The zero-order valence-electron chi connectivity index (χ0n) is 13.3. The van der Waals surface area contributed by atoms with Gasteiger partial charge in [0.2, 0.25) is 0 Å². The summed E-state index contributed by atoms with van der Waals surface area (Å²) in [6, 6.07) is 0.366. The second-order valence-corrected chi connectivity index (χ2v) is 6.90. The lowest BCUT2D eigenvalue weighted by Gasteiger charge is -2.23. The van der Waals surface area contributed by atoms with E-state index in [4.69, 9.17) is 11.6 Å². The van der Waals surface area contributed by atoms with Crippen molar-refractivity contribution in [2.45, 2.75) is 58.9 Å². The Hall–Kier alpha value is -1.16. The maximum Gasteiger partial charge on any atom is 0.274 e. The number of hydrogen-bond donors (Lipinski definition) is 0. The summed E-state index contributed by atoms with van der Waals surface area (Å²) in [7, 11) is 0. The van der Waals surface area contributed by atoms with Crippen molar-refractivity contribution < 1.29 is 4.79 Å². The minimum Gasteiger partial charge on any atom is -0.334 e. The number of carbonyl (C=O) groups is 1. The molecule has 4 nitrogen and oxygen atoms in total. The highest BCUT2D eigenvalue weighted by atomic mass is 35.5. The fourth-order valence-corrected chi connectivity index (χ4v) is 2.35. The molecule has 1 heterocycles. The molecule has 0 saturated heterocycles. The van der Waals surface area contributed by atoms with Crippen molar-refractivity contribution in [2.24, 2.45) is 5.92 Å². The van der Waals surface area contributed by atoms with Crippen molar-refractivity contribution in [1.29, 1.82) is 0 Å². The molecule has 1 fully saturated rings. The molecule has 0 bridgehead atoms. The molecular formula is C16H24ClN3O. The second-order valence-electron chi connectivity index (χ2n) is 6.49. The van der Waals surface area contributed by atoms with E-state index in [0.717, 1.165) is 25.8 Å². The van der Waals surface area contributed by atoms with Crippen LogP contribution in [0.3, 0.4) is 0 Å². The Morgan fingerprint density at radius 2 is 2.05 bits per heavy atom. The molecule has 1 aromatic heterocycles. The van der Waals surface area contributed by atoms with Gasteiger partial charge >= 0.3 is 0 Å². The normalized spacial score (nSPS) is 14.8. The zero-order valence-corrected chi connectivity index (χ0v) is 14.0. The zero-order chi connectivity index (χ0) is 15.6. The van der Waals surface area contributed by atoms with E-state index in [1.54, 1.807) is 6.20 Å². The predicted molar refractivity (Wildman–Crippen MR) is 84.6 cm³/mol. The molecule has 5 heteroatoms. The average Bonchev–Trinajstić information content (AvgIpc) is 3.23. The van der Waals surface area contributed by atoms with Crippen molar-refractivity contribution in [3.63, 3.8) is 0 Å². The predicted octanol–water partition coefficient (Wildman–Crippen LogP) is 3.90. The van der Waals surface area contributed by atoms with Crippen LogP contribution in [0.2, 0.25) is 5.02 Å². The molecule has 0 aromatic carbocycles. The van der Waals surface area contributed by atoms with E-state index in [-0.39, 0.29) is 11.8 Å². The lowest BCUT2D eigenvalue weighted by Crippen LogP contribution is -2.35. The van der Waals surface area contributed by atoms with Gasteiger partial charge in [0.1, 0.15) is 5.82 Å². The van der Waals surface area contributed by atoms with E-state index in [1.807, 2.05) is 18.7 Å². The van der Waals surface area contributed by atoms with Gasteiger partial charge in [0.25, 0.3) is 5.91 Å². The number of hydrogen-bond acceptors (Lipinski definition) is 3. The standard InChI is InChI=1S/C16H24ClN3O/c1-10(2)7-8-20(12-5-6-12)16(21)14-13(17)9-18-15(19-14)11(3)4/h9-12H,5-8H2,1-4H3. The number of nitrogens with zero attached hydrogens (tertiary/aromatic N) is 3. The molecule has 1 aliphatic carbocycles. The van der Waals surface area contributed by atoms with Gasteiger partial charge in [0, 0.05) is 18.5 Å². The average molecular weight is 310 g/mol. The Bertz CT molecular complexity index is 512. The van der Waals surface area contributed by atoms with Crippen LogP contribution in [0.1, 0.15) is 69.2 Å². The highest BCUT2D eigenvalue weighted by Crippen LogP contribution is 2.30.